The van der Waals surface area contributed by atoms with E-state index in [0.29, 0.717) is 17.9 Å². The molecule has 2 saturated carbocycles. The second kappa shape index (κ2) is 3.17. The number of amides is 1. The molecule has 2 bridgehead atoms. The number of allylic oxidation sites excluding steroid dienone is 1. The lowest BCUT2D eigenvalue weighted by atomic mass is 9.85. The number of hydrogen-bond donors (Lipinski definition) is 1. The highest BCUT2D eigenvalue weighted by atomic mass is 16.1. The molecule has 0 spiro atoms. The van der Waals surface area contributed by atoms with Crippen molar-refractivity contribution in [3.8, 4) is 0 Å². The number of fused-ring (bicyclic) bond motifs is 2. The maximum atomic E-state index is 10.9. The van der Waals surface area contributed by atoms with E-state index < -0.39 is 0 Å². The standard InChI is InChI=1S/C11H17NO/c1-3-9-4-8-5-10(9)11(6-8)12-7(2)13/h3,8-11H,1,4-6H2,2H3,(H,12,13)/t8-,9+,10+,11+/m1/s1. The molecule has 1 amide bonds. The summed E-state index contributed by atoms with van der Waals surface area (Å²) in [4.78, 5) is 10.9. The summed E-state index contributed by atoms with van der Waals surface area (Å²) in [7, 11) is 0. The van der Waals surface area contributed by atoms with Crippen LogP contribution in [0.3, 0.4) is 0 Å². The number of hydrogen-bond acceptors (Lipinski definition) is 1. The maximum absolute atomic E-state index is 10.9. The van der Waals surface area contributed by atoms with Gasteiger partial charge in [0.05, 0.1) is 0 Å². The molecule has 72 valence electrons. The third-order valence-electron chi connectivity index (χ3n) is 3.56. The van der Waals surface area contributed by atoms with Crippen LogP contribution in [0.1, 0.15) is 26.2 Å². The number of rotatable bonds is 2. The molecule has 2 heteroatoms. The minimum absolute atomic E-state index is 0.111. The van der Waals surface area contributed by atoms with Crippen LogP contribution in [-0.2, 0) is 4.79 Å². The van der Waals surface area contributed by atoms with Gasteiger partial charge in [-0.05, 0) is 37.0 Å². The minimum Gasteiger partial charge on any atom is -0.353 e. The fourth-order valence-electron chi connectivity index (χ4n) is 3.10. The molecule has 2 nitrogen and oxygen atoms in total. The van der Waals surface area contributed by atoms with Crippen molar-refractivity contribution in [3.05, 3.63) is 12.7 Å². The van der Waals surface area contributed by atoms with Gasteiger partial charge in [-0.2, -0.15) is 0 Å². The predicted molar refractivity (Wildman–Crippen MR) is 52.1 cm³/mol. The van der Waals surface area contributed by atoms with Crippen LogP contribution in [0.25, 0.3) is 0 Å². The van der Waals surface area contributed by atoms with E-state index in [2.05, 4.69) is 18.0 Å². The van der Waals surface area contributed by atoms with Gasteiger partial charge in [-0.1, -0.05) is 6.08 Å². The molecule has 0 aromatic rings. The van der Waals surface area contributed by atoms with Gasteiger partial charge in [-0.3, -0.25) is 4.79 Å². The van der Waals surface area contributed by atoms with Crippen LogP contribution in [0.15, 0.2) is 12.7 Å². The van der Waals surface area contributed by atoms with Crippen LogP contribution in [0.4, 0.5) is 0 Å². The molecule has 2 aliphatic carbocycles. The van der Waals surface area contributed by atoms with Gasteiger partial charge < -0.3 is 5.32 Å². The van der Waals surface area contributed by atoms with Crippen molar-refractivity contribution < 1.29 is 4.79 Å². The first-order valence-corrected chi connectivity index (χ1v) is 5.10. The Morgan fingerprint density at radius 3 is 2.77 bits per heavy atom. The topological polar surface area (TPSA) is 29.1 Å². The van der Waals surface area contributed by atoms with E-state index in [1.807, 2.05) is 0 Å². The predicted octanol–water partition coefficient (Wildman–Crippen LogP) is 1.72. The highest BCUT2D eigenvalue weighted by Crippen LogP contribution is 2.48. The van der Waals surface area contributed by atoms with Gasteiger partial charge in [0.2, 0.25) is 5.91 Å². The molecule has 4 atom stereocenters. The average Bonchev–Trinajstić information content (AvgIpc) is 2.60. The van der Waals surface area contributed by atoms with Gasteiger partial charge in [0.15, 0.2) is 0 Å². The van der Waals surface area contributed by atoms with Gasteiger partial charge in [0, 0.05) is 13.0 Å². The third kappa shape index (κ3) is 1.50. The Hall–Kier alpha value is -0.790. The second-order valence-corrected chi connectivity index (χ2v) is 4.44. The van der Waals surface area contributed by atoms with Gasteiger partial charge >= 0.3 is 0 Å². The van der Waals surface area contributed by atoms with E-state index >= 15 is 0 Å². The minimum atomic E-state index is 0.111. The van der Waals surface area contributed by atoms with Crippen molar-refractivity contribution >= 4 is 5.91 Å². The number of carbonyl (C=O) groups is 1. The molecule has 2 fully saturated rings. The molecule has 0 aromatic heterocycles. The summed E-state index contributed by atoms with van der Waals surface area (Å²) in [5.74, 6) is 2.27. The van der Waals surface area contributed by atoms with Gasteiger partial charge in [-0.15, -0.1) is 6.58 Å². The zero-order valence-electron chi connectivity index (χ0n) is 8.12. The number of nitrogens with one attached hydrogen (secondary N) is 1. The van der Waals surface area contributed by atoms with E-state index in [1.54, 1.807) is 6.92 Å². The highest BCUT2D eigenvalue weighted by Gasteiger charge is 2.44. The molecule has 0 aromatic carbocycles. The summed E-state index contributed by atoms with van der Waals surface area (Å²) >= 11 is 0. The van der Waals surface area contributed by atoms with Gasteiger partial charge in [0.25, 0.3) is 0 Å². The summed E-state index contributed by atoms with van der Waals surface area (Å²) in [5, 5.41) is 3.05. The summed E-state index contributed by atoms with van der Waals surface area (Å²) in [6.45, 7) is 5.47. The lowest BCUT2D eigenvalue weighted by molar-refractivity contribution is -0.120. The van der Waals surface area contributed by atoms with Crippen LogP contribution in [0.5, 0.6) is 0 Å². The summed E-state index contributed by atoms with van der Waals surface area (Å²) in [6, 6.07) is 0.430. The Bertz CT molecular complexity index is 236. The van der Waals surface area contributed by atoms with Crippen molar-refractivity contribution in [1.29, 1.82) is 0 Å². The van der Waals surface area contributed by atoms with Crippen molar-refractivity contribution in [2.75, 3.05) is 0 Å². The van der Waals surface area contributed by atoms with Crippen molar-refractivity contribution in [1.82, 2.24) is 5.32 Å². The molecular formula is C11H17NO. The SMILES string of the molecule is C=C[C@H]1C[C@@H]2C[C@@H]1[C@@H](NC(C)=O)C2. The zero-order valence-corrected chi connectivity index (χ0v) is 8.12. The second-order valence-electron chi connectivity index (χ2n) is 4.44. The fourth-order valence-corrected chi connectivity index (χ4v) is 3.10. The Balaban J connectivity index is 2.01. The zero-order chi connectivity index (χ0) is 9.42. The molecule has 2 aliphatic rings. The molecule has 1 N–H and O–H groups in total. The van der Waals surface area contributed by atoms with Gasteiger partial charge in [-0.25, -0.2) is 0 Å². The maximum Gasteiger partial charge on any atom is 0.217 e. The quantitative estimate of drug-likeness (QED) is 0.642. The highest BCUT2D eigenvalue weighted by molar-refractivity contribution is 5.73. The third-order valence-corrected chi connectivity index (χ3v) is 3.56. The van der Waals surface area contributed by atoms with Crippen LogP contribution < -0.4 is 5.32 Å². The van der Waals surface area contributed by atoms with Crippen molar-refractivity contribution in [3.63, 3.8) is 0 Å². The van der Waals surface area contributed by atoms with E-state index in [1.165, 1.54) is 19.3 Å². The Labute approximate surface area is 79.4 Å². The van der Waals surface area contributed by atoms with E-state index in [-0.39, 0.29) is 5.91 Å². The van der Waals surface area contributed by atoms with E-state index in [9.17, 15) is 4.79 Å². The molecule has 2 rings (SSSR count). The van der Waals surface area contributed by atoms with Crippen LogP contribution in [-0.4, -0.2) is 11.9 Å². The number of carbonyl (C=O) groups excluding carboxylic acids is 1. The van der Waals surface area contributed by atoms with Crippen molar-refractivity contribution in [2.24, 2.45) is 17.8 Å². The van der Waals surface area contributed by atoms with E-state index in [0.717, 1.165) is 5.92 Å². The molecule has 0 radical (unpaired) electrons. The lowest BCUT2D eigenvalue weighted by Crippen LogP contribution is -2.39. The van der Waals surface area contributed by atoms with E-state index in [4.69, 9.17) is 0 Å². The Morgan fingerprint density at radius 2 is 2.23 bits per heavy atom. The normalized spacial score (nSPS) is 41.9. The molecule has 0 heterocycles. The van der Waals surface area contributed by atoms with Crippen LogP contribution in [0.2, 0.25) is 0 Å². The first-order valence-electron chi connectivity index (χ1n) is 5.10. The van der Waals surface area contributed by atoms with Crippen LogP contribution in [0, 0.1) is 17.8 Å². The molecular weight excluding hydrogens is 162 g/mol. The summed E-state index contributed by atoms with van der Waals surface area (Å²) in [6.07, 6.45) is 5.85. The average molecular weight is 179 g/mol. The Morgan fingerprint density at radius 1 is 1.46 bits per heavy atom. The summed E-state index contributed by atoms with van der Waals surface area (Å²) < 4.78 is 0. The lowest BCUT2D eigenvalue weighted by Gasteiger charge is -2.27. The molecule has 0 aliphatic heterocycles. The molecule has 0 saturated heterocycles. The van der Waals surface area contributed by atoms with Crippen LogP contribution >= 0.6 is 0 Å². The first-order chi connectivity index (χ1) is 6.20. The first kappa shape index (κ1) is 8.79. The van der Waals surface area contributed by atoms with Crippen molar-refractivity contribution in [2.45, 2.75) is 32.2 Å². The largest absolute Gasteiger partial charge is 0.353 e. The Kier molecular flexibility index (Phi) is 2.14. The smallest absolute Gasteiger partial charge is 0.217 e. The molecule has 13 heavy (non-hydrogen) atoms. The van der Waals surface area contributed by atoms with Gasteiger partial charge in [0.1, 0.15) is 0 Å². The monoisotopic (exact) mass is 179 g/mol. The molecule has 0 unspecified atom stereocenters. The fraction of sp³-hybridized carbons (Fsp3) is 0.727. The summed E-state index contributed by atoms with van der Waals surface area (Å²) in [5.41, 5.74) is 0.